The Morgan fingerprint density at radius 2 is 1.66 bits per heavy atom. The molecular formula is C31H35ClFN3O4S. The zero-order valence-corrected chi connectivity index (χ0v) is 24.4. The molecule has 1 amide bonds. The molecule has 10 heteroatoms. The topological polar surface area (TPSA) is 87.7 Å². The molecule has 218 valence electrons. The maximum absolute atomic E-state index is 13.4. The maximum atomic E-state index is 13.4. The van der Waals surface area contributed by atoms with Gasteiger partial charge in [-0.25, -0.2) is 12.8 Å². The van der Waals surface area contributed by atoms with Gasteiger partial charge in [-0.3, -0.25) is 9.52 Å². The van der Waals surface area contributed by atoms with Crippen molar-refractivity contribution in [1.29, 1.82) is 0 Å². The Morgan fingerprint density at radius 3 is 2.37 bits per heavy atom. The number of para-hydroxylation sites is 2. The van der Waals surface area contributed by atoms with Crippen LogP contribution in [0.1, 0.15) is 55.3 Å². The first-order chi connectivity index (χ1) is 19.8. The summed E-state index contributed by atoms with van der Waals surface area (Å²) in [4.78, 5) is 15.4. The normalized spacial score (nSPS) is 19.6. The number of carbonyl (C=O) groups is 1. The number of ether oxygens (including phenoxy) is 1. The first-order valence-corrected chi connectivity index (χ1v) is 16.0. The van der Waals surface area contributed by atoms with Crippen LogP contribution in [0.5, 0.6) is 11.5 Å². The molecule has 0 bridgehead atoms. The number of hydrogen-bond acceptors (Lipinski definition) is 5. The SMILES string of the molecule is O=C(N[C@H]1CC[C@H](CCN2CCCC2)CC1)c1ccc(S(=O)(=O)Nc2ccccc2Oc2ccc(F)cc2Cl)cc1. The summed E-state index contributed by atoms with van der Waals surface area (Å²) in [5, 5.41) is 3.18. The number of sulfonamides is 1. The van der Waals surface area contributed by atoms with E-state index in [2.05, 4.69) is 14.9 Å². The molecule has 2 N–H and O–H groups in total. The number of rotatable bonds is 10. The highest BCUT2D eigenvalue weighted by Crippen LogP contribution is 2.35. The second-order valence-corrected chi connectivity index (χ2v) is 12.9. The van der Waals surface area contributed by atoms with Gasteiger partial charge in [0.25, 0.3) is 15.9 Å². The van der Waals surface area contributed by atoms with Gasteiger partial charge >= 0.3 is 0 Å². The van der Waals surface area contributed by atoms with Crippen LogP contribution >= 0.6 is 11.6 Å². The molecule has 1 aliphatic heterocycles. The molecule has 3 aromatic rings. The number of hydrogen-bond donors (Lipinski definition) is 2. The van der Waals surface area contributed by atoms with Gasteiger partial charge in [0.15, 0.2) is 5.75 Å². The van der Waals surface area contributed by atoms with Crippen LogP contribution in [0.2, 0.25) is 5.02 Å². The van der Waals surface area contributed by atoms with Crippen LogP contribution < -0.4 is 14.8 Å². The third-order valence-corrected chi connectivity index (χ3v) is 9.58. The molecule has 1 saturated carbocycles. The molecule has 0 aromatic heterocycles. The van der Waals surface area contributed by atoms with Crippen molar-refractivity contribution in [3.63, 3.8) is 0 Å². The average molecular weight is 600 g/mol. The quantitative estimate of drug-likeness (QED) is 0.266. The Bertz CT molecular complexity index is 1450. The second-order valence-electron chi connectivity index (χ2n) is 10.8. The lowest BCUT2D eigenvalue weighted by molar-refractivity contribution is 0.0920. The molecule has 0 atom stereocenters. The average Bonchev–Trinajstić information content (AvgIpc) is 3.49. The van der Waals surface area contributed by atoms with Crippen LogP contribution in [0.15, 0.2) is 71.6 Å². The lowest BCUT2D eigenvalue weighted by atomic mass is 9.84. The minimum Gasteiger partial charge on any atom is -0.454 e. The van der Waals surface area contributed by atoms with Crippen LogP contribution in [0.4, 0.5) is 10.1 Å². The molecule has 1 heterocycles. The Kier molecular flexibility index (Phi) is 9.47. The van der Waals surface area contributed by atoms with E-state index in [1.54, 1.807) is 24.3 Å². The number of nitrogens with one attached hydrogen (secondary N) is 2. The van der Waals surface area contributed by atoms with Gasteiger partial charge < -0.3 is 15.0 Å². The van der Waals surface area contributed by atoms with E-state index >= 15 is 0 Å². The first kappa shape index (κ1) is 29.4. The van der Waals surface area contributed by atoms with E-state index in [-0.39, 0.29) is 39.1 Å². The van der Waals surface area contributed by atoms with E-state index in [0.717, 1.165) is 37.7 Å². The molecule has 0 unspecified atom stereocenters. The van der Waals surface area contributed by atoms with Crippen molar-refractivity contribution in [1.82, 2.24) is 10.2 Å². The van der Waals surface area contributed by atoms with Crippen LogP contribution in [-0.2, 0) is 10.0 Å². The number of benzene rings is 3. The van der Waals surface area contributed by atoms with Crippen LogP contribution in [0.3, 0.4) is 0 Å². The zero-order valence-electron chi connectivity index (χ0n) is 22.8. The van der Waals surface area contributed by atoms with Crippen LogP contribution in [0, 0.1) is 11.7 Å². The molecule has 0 spiro atoms. The van der Waals surface area contributed by atoms with Gasteiger partial charge in [0.1, 0.15) is 11.6 Å². The van der Waals surface area contributed by atoms with Crippen molar-refractivity contribution in [2.75, 3.05) is 24.4 Å². The Labute approximate surface area is 246 Å². The molecule has 7 nitrogen and oxygen atoms in total. The number of halogens is 2. The first-order valence-electron chi connectivity index (χ1n) is 14.1. The van der Waals surface area contributed by atoms with Crippen molar-refractivity contribution in [2.45, 2.75) is 55.9 Å². The smallest absolute Gasteiger partial charge is 0.262 e. The lowest BCUT2D eigenvalue weighted by Gasteiger charge is -2.30. The Balaban J connectivity index is 1.16. The maximum Gasteiger partial charge on any atom is 0.262 e. The number of nitrogens with zero attached hydrogens (tertiary/aromatic N) is 1. The van der Waals surface area contributed by atoms with Crippen molar-refractivity contribution >= 4 is 33.2 Å². The molecular weight excluding hydrogens is 565 g/mol. The van der Waals surface area contributed by atoms with Gasteiger partial charge in [-0.15, -0.1) is 0 Å². The summed E-state index contributed by atoms with van der Waals surface area (Å²) >= 11 is 6.07. The van der Waals surface area contributed by atoms with Gasteiger partial charge in [-0.05, 0) is 125 Å². The molecule has 2 fully saturated rings. The van der Waals surface area contributed by atoms with Crippen LogP contribution in [-0.4, -0.2) is 44.9 Å². The fraction of sp³-hybridized carbons (Fsp3) is 0.387. The monoisotopic (exact) mass is 599 g/mol. The number of anilines is 1. The summed E-state index contributed by atoms with van der Waals surface area (Å²) in [5.74, 6) is 0.405. The van der Waals surface area contributed by atoms with E-state index in [0.29, 0.717) is 5.56 Å². The van der Waals surface area contributed by atoms with Gasteiger partial charge in [-0.2, -0.15) is 0 Å². The van der Waals surface area contributed by atoms with Gasteiger partial charge in [0, 0.05) is 11.6 Å². The predicted octanol–water partition coefficient (Wildman–Crippen LogP) is 6.85. The van der Waals surface area contributed by atoms with Gasteiger partial charge in [0.2, 0.25) is 0 Å². The highest BCUT2D eigenvalue weighted by atomic mass is 35.5. The highest BCUT2D eigenvalue weighted by molar-refractivity contribution is 7.92. The fourth-order valence-electron chi connectivity index (χ4n) is 5.54. The minimum absolute atomic E-state index is 0.00202. The predicted molar refractivity (Wildman–Crippen MR) is 159 cm³/mol. The highest BCUT2D eigenvalue weighted by Gasteiger charge is 2.24. The summed E-state index contributed by atoms with van der Waals surface area (Å²) in [5.41, 5.74) is 0.598. The van der Waals surface area contributed by atoms with E-state index in [1.807, 2.05) is 0 Å². The molecule has 3 aromatic carbocycles. The number of carbonyl (C=O) groups excluding carboxylic acids is 1. The van der Waals surface area contributed by atoms with E-state index < -0.39 is 15.8 Å². The number of amides is 1. The van der Waals surface area contributed by atoms with Crippen molar-refractivity contribution in [3.05, 3.63) is 83.1 Å². The van der Waals surface area contributed by atoms with Crippen LogP contribution in [0.25, 0.3) is 0 Å². The van der Waals surface area contributed by atoms with E-state index in [9.17, 15) is 17.6 Å². The zero-order chi connectivity index (χ0) is 28.8. The third-order valence-electron chi connectivity index (χ3n) is 7.91. The summed E-state index contributed by atoms with van der Waals surface area (Å²) in [6.45, 7) is 3.65. The lowest BCUT2D eigenvalue weighted by Crippen LogP contribution is -2.38. The third kappa shape index (κ3) is 7.78. The summed E-state index contributed by atoms with van der Waals surface area (Å²) in [6, 6.07) is 16.1. The summed E-state index contributed by atoms with van der Waals surface area (Å²) in [7, 11) is -3.99. The second kappa shape index (κ2) is 13.2. The molecule has 1 saturated heterocycles. The van der Waals surface area contributed by atoms with Crippen molar-refractivity contribution in [2.24, 2.45) is 5.92 Å². The summed E-state index contributed by atoms with van der Waals surface area (Å²) < 4.78 is 48.0. The fourth-order valence-corrected chi connectivity index (χ4v) is 6.82. The molecule has 2 aliphatic rings. The van der Waals surface area contributed by atoms with Crippen molar-refractivity contribution < 1.29 is 22.3 Å². The minimum atomic E-state index is -3.99. The van der Waals surface area contributed by atoms with E-state index in [1.165, 1.54) is 75.3 Å². The molecule has 1 aliphatic carbocycles. The Hall–Kier alpha value is -3.14. The molecule has 0 radical (unpaired) electrons. The summed E-state index contributed by atoms with van der Waals surface area (Å²) in [6.07, 6.45) is 8.07. The van der Waals surface area contributed by atoms with Gasteiger partial charge in [0.05, 0.1) is 15.6 Å². The molecule has 5 rings (SSSR count). The standard InChI is InChI=1S/C31H35ClFN3O4S/c32-27-21-24(33)11-16-29(27)40-30-6-2-1-5-28(30)35-41(38,39)26-14-9-23(10-15-26)31(37)34-25-12-7-22(8-13-25)17-20-36-18-3-4-19-36/h1-2,5-6,9-11,14-16,21-22,25,35H,3-4,7-8,12-13,17-20H2,(H,34,37)/t22-,25-. The van der Waals surface area contributed by atoms with Gasteiger partial charge in [-0.1, -0.05) is 23.7 Å². The Morgan fingerprint density at radius 1 is 0.951 bits per heavy atom. The largest absolute Gasteiger partial charge is 0.454 e. The van der Waals surface area contributed by atoms with E-state index in [4.69, 9.17) is 16.3 Å². The number of likely N-dealkylation sites (tertiary alicyclic amines) is 1. The molecule has 41 heavy (non-hydrogen) atoms. The van der Waals surface area contributed by atoms with Crippen molar-refractivity contribution in [3.8, 4) is 11.5 Å².